The van der Waals surface area contributed by atoms with Gasteiger partial charge in [0.2, 0.25) is 10.0 Å². The third-order valence-corrected chi connectivity index (χ3v) is 8.40. The Hall–Kier alpha value is -1.52. The smallest absolute Gasteiger partial charge is 0.257 e. The van der Waals surface area contributed by atoms with E-state index >= 15 is 0 Å². The van der Waals surface area contributed by atoms with Crippen molar-refractivity contribution in [1.82, 2.24) is 9.29 Å². The van der Waals surface area contributed by atoms with Gasteiger partial charge in [-0.2, -0.15) is 4.31 Å². The van der Waals surface area contributed by atoms with Crippen LogP contribution in [0, 0.1) is 0 Å². The molecule has 29 heavy (non-hydrogen) atoms. The normalized spacial score (nSPS) is 22.4. The second-order valence-corrected chi connectivity index (χ2v) is 10.8. The van der Waals surface area contributed by atoms with Crippen molar-refractivity contribution in [2.75, 3.05) is 18.4 Å². The van der Waals surface area contributed by atoms with Gasteiger partial charge < -0.3 is 4.74 Å². The van der Waals surface area contributed by atoms with Gasteiger partial charge in [-0.25, -0.2) is 13.4 Å². The van der Waals surface area contributed by atoms with E-state index in [4.69, 9.17) is 16.3 Å². The van der Waals surface area contributed by atoms with E-state index in [1.807, 2.05) is 13.8 Å². The van der Waals surface area contributed by atoms with Crippen LogP contribution in [0.3, 0.4) is 0 Å². The molecule has 2 heterocycles. The number of hydrogen-bond acceptors (Lipinski definition) is 6. The highest BCUT2D eigenvalue weighted by atomic mass is 35.5. The Kier molecular flexibility index (Phi) is 5.69. The predicted octanol–water partition coefficient (Wildman–Crippen LogP) is 3.34. The molecule has 2 aromatic rings. The number of rotatable bonds is 4. The van der Waals surface area contributed by atoms with Crippen LogP contribution in [0.5, 0.6) is 0 Å². The van der Waals surface area contributed by atoms with Crippen molar-refractivity contribution >= 4 is 44.0 Å². The SMILES string of the molecule is C[C@H]1CN(S(=O)(=O)c2cc(C(=O)Nc3nc4c(s3)CCC4)ccc2Cl)C[C@H](C)O1. The number of amides is 1. The maximum atomic E-state index is 13.2. The van der Waals surface area contributed by atoms with Crippen molar-refractivity contribution in [2.24, 2.45) is 0 Å². The van der Waals surface area contributed by atoms with Crippen molar-refractivity contribution in [3.8, 4) is 0 Å². The number of nitrogens with one attached hydrogen (secondary N) is 1. The minimum absolute atomic E-state index is 0.0743. The first-order valence-corrected chi connectivity index (χ1v) is 12.1. The lowest BCUT2D eigenvalue weighted by molar-refractivity contribution is -0.0440. The average molecular weight is 456 g/mol. The lowest BCUT2D eigenvalue weighted by atomic mass is 10.2. The second-order valence-electron chi connectivity index (χ2n) is 7.42. The van der Waals surface area contributed by atoms with Gasteiger partial charge in [0.1, 0.15) is 4.90 Å². The number of thiazole rings is 1. The molecule has 0 bridgehead atoms. The monoisotopic (exact) mass is 455 g/mol. The van der Waals surface area contributed by atoms with Crippen LogP contribution < -0.4 is 5.32 Å². The van der Waals surface area contributed by atoms with Gasteiger partial charge in [-0.3, -0.25) is 10.1 Å². The van der Waals surface area contributed by atoms with Crippen molar-refractivity contribution in [2.45, 2.75) is 50.2 Å². The summed E-state index contributed by atoms with van der Waals surface area (Å²) in [5, 5.41) is 3.40. The van der Waals surface area contributed by atoms with Gasteiger partial charge in [0.15, 0.2) is 5.13 Å². The summed E-state index contributed by atoms with van der Waals surface area (Å²) >= 11 is 7.68. The first-order chi connectivity index (χ1) is 13.7. The molecule has 10 heteroatoms. The van der Waals surface area contributed by atoms with Crippen LogP contribution in [0.25, 0.3) is 0 Å². The number of nitrogens with zero attached hydrogens (tertiary/aromatic N) is 2. The van der Waals surface area contributed by atoms with E-state index in [0.29, 0.717) is 5.13 Å². The van der Waals surface area contributed by atoms with Gasteiger partial charge in [-0.15, -0.1) is 11.3 Å². The maximum Gasteiger partial charge on any atom is 0.257 e. The van der Waals surface area contributed by atoms with E-state index in [9.17, 15) is 13.2 Å². The Balaban J connectivity index is 1.58. The van der Waals surface area contributed by atoms with Crippen molar-refractivity contribution < 1.29 is 17.9 Å². The molecular weight excluding hydrogens is 434 g/mol. The predicted molar refractivity (Wildman–Crippen MR) is 112 cm³/mol. The second kappa shape index (κ2) is 7.96. The number of ether oxygens (including phenoxy) is 1. The summed E-state index contributed by atoms with van der Waals surface area (Å²) in [6.45, 7) is 4.14. The summed E-state index contributed by atoms with van der Waals surface area (Å²) in [4.78, 5) is 18.3. The first-order valence-electron chi connectivity index (χ1n) is 9.49. The van der Waals surface area contributed by atoms with Gasteiger partial charge >= 0.3 is 0 Å². The Bertz CT molecular complexity index is 1020. The van der Waals surface area contributed by atoms with Crippen LogP contribution in [0.1, 0.15) is 41.2 Å². The van der Waals surface area contributed by atoms with E-state index in [1.54, 1.807) is 0 Å². The minimum atomic E-state index is -3.86. The fourth-order valence-corrected chi connectivity index (χ4v) is 6.86. The fraction of sp³-hybridized carbons (Fsp3) is 0.474. The van der Waals surface area contributed by atoms with Crippen molar-refractivity contribution in [3.05, 3.63) is 39.4 Å². The zero-order chi connectivity index (χ0) is 20.8. The lowest BCUT2D eigenvalue weighted by Gasteiger charge is -2.34. The zero-order valence-electron chi connectivity index (χ0n) is 16.1. The Morgan fingerprint density at radius 1 is 1.28 bits per heavy atom. The standard InChI is InChI=1S/C19H22ClN3O4S2/c1-11-9-23(10-12(2)27-11)29(25,26)17-8-13(6-7-14(17)20)18(24)22-19-21-15-4-3-5-16(15)28-19/h6-8,11-12H,3-5,9-10H2,1-2H3,(H,21,22,24)/t11-,12-/m0/s1. The van der Waals surface area contributed by atoms with Crippen LogP contribution in [-0.4, -0.2) is 48.9 Å². The number of halogens is 1. The zero-order valence-corrected chi connectivity index (χ0v) is 18.5. The van der Waals surface area contributed by atoms with Gasteiger partial charge in [0.25, 0.3) is 5.91 Å². The molecule has 1 aromatic heterocycles. The molecule has 0 unspecified atom stereocenters. The number of morpholine rings is 1. The topological polar surface area (TPSA) is 88.6 Å². The summed E-state index contributed by atoms with van der Waals surface area (Å²) in [5.74, 6) is -0.408. The third-order valence-electron chi connectivity index (χ3n) is 5.01. The molecule has 0 saturated carbocycles. The number of benzene rings is 1. The van der Waals surface area contributed by atoms with Gasteiger partial charge in [-0.05, 0) is 51.3 Å². The number of aromatic nitrogens is 1. The number of hydrogen-bond donors (Lipinski definition) is 1. The molecule has 1 fully saturated rings. The Morgan fingerprint density at radius 3 is 2.69 bits per heavy atom. The van der Waals surface area contributed by atoms with Crippen molar-refractivity contribution in [1.29, 1.82) is 0 Å². The molecule has 0 spiro atoms. The number of aryl methyl sites for hydroxylation is 2. The summed E-state index contributed by atoms with van der Waals surface area (Å²) in [7, 11) is -3.86. The molecule has 156 valence electrons. The minimum Gasteiger partial charge on any atom is -0.373 e. The summed E-state index contributed by atoms with van der Waals surface area (Å²) in [6.07, 6.45) is 2.58. The van der Waals surface area contributed by atoms with Crippen molar-refractivity contribution in [3.63, 3.8) is 0 Å². The fourth-order valence-electron chi connectivity index (χ4n) is 3.72. The average Bonchev–Trinajstić information content (AvgIpc) is 3.22. The lowest BCUT2D eigenvalue weighted by Crippen LogP contribution is -2.48. The maximum absolute atomic E-state index is 13.2. The summed E-state index contributed by atoms with van der Waals surface area (Å²) in [5.41, 5.74) is 1.26. The largest absolute Gasteiger partial charge is 0.373 e. The first kappa shape index (κ1) is 20.7. The number of anilines is 1. The number of carbonyl (C=O) groups excluding carboxylic acids is 1. The van der Waals surface area contributed by atoms with Gasteiger partial charge in [-0.1, -0.05) is 11.6 Å². The highest BCUT2D eigenvalue weighted by Crippen LogP contribution is 2.31. The van der Waals surface area contributed by atoms with Crippen LogP contribution in [0.15, 0.2) is 23.1 Å². The third kappa shape index (κ3) is 4.20. The molecule has 1 N–H and O–H groups in total. The number of carbonyl (C=O) groups is 1. The van der Waals surface area contributed by atoms with Crippen LogP contribution in [0.2, 0.25) is 5.02 Å². The highest BCUT2D eigenvalue weighted by molar-refractivity contribution is 7.89. The molecule has 1 aliphatic carbocycles. The molecule has 2 atom stereocenters. The number of fused-ring (bicyclic) bond motifs is 1. The Labute approximate surface area is 179 Å². The van der Waals surface area contributed by atoms with Crippen LogP contribution >= 0.6 is 22.9 Å². The quantitative estimate of drug-likeness (QED) is 0.763. The molecular formula is C19H22ClN3O4S2. The summed E-state index contributed by atoms with van der Waals surface area (Å²) < 4.78 is 33.3. The molecule has 1 saturated heterocycles. The molecule has 7 nitrogen and oxygen atoms in total. The van der Waals surface area contributed by atoms with E-state index in [1.165, 1.54) is 38.7 Å². The van der Waals surface area contributed by atoms with E-state index in [2.05, 4.69) is 10.3 Å². The molecule has 1 aliphatic heterocycles. The van der Waals surface area contributed by atoms with E-state index < -0.39 is 15.9 Å². The summed E-state index contributed by atoms with van der Waals surface area (Å²) in [6, 6.07) is 4.29. The molecule has 1 aromatic carbocycles. The van der Waals surface area contributed by atoms with E-state index in [-0.39, 0.29) is 40.8 Å². The van der Waals surface area contributed by atoms with E-state index in [0.717, 1.165) is 25.0 Å². The molecule has 1 amide bonds. The Morgan fingerprint density at radius 2 is 2.00 bits per heavy atom. The molecule has 4 rings (SSSR count). The molecule has 0 radical (unpaired) electrons. The van der Waals surface area contributed by atoms with Crippen LogP contribution in [0.4, 0.5) is 5.13 Å². The highest BCUT2D eigenvalue weighted by Gasteiger charge is 2.34. The number of sulfonamides is 1. The van der Waals surface area contributed by atoms with Gasteiger partial charge in [0.05, 0.1) is 22.9 Å². The molecule has 2 aliphatic rings. The van der Waals surface area contributed by atoms with Crippen LogP contribution in [-0.2, 0) is 27.6 Å². The van der Waals surface area contributed by atoms with Gasteiger partial charge in [0, 0.05) is 23.5 Å².